The van der Waals surface area contributed by atoms with E-state index in [4.69, 9.17) is 0 Å². The molecule has 0 aromatic heterocycles. The van der Waals surface area contributed by atoms with Gasteiger partial charge in [-0.2, -0.15) is 0 Å². The maximum Gasteiger partial charge on any atom is 0.250 e. The quantitative estimate of drug-likeness (QED) is 0.685. The van der Waals surface area contributed by atoms with Crippen LogP contribution in [-0.4, -0.2) is 47.0 Å². The van der Waals surface area contributed by atoms with Crippen molar-refractivity contribution in [3.05, 3.63) is 42.0 Å². The van der Waals surface area contributed by atoms with Gasteiger partial charge in [0.15, 0.2) is 5.17 Å². The summed E-state index contributed by atoms with van der Waals surface area (Å²) >= 11 is 1.43. The van der Waals surface area contributed by atoms with Crippen molar-refractivity contribution in [1.29, 1.82) is 0 Å². The highest BCUT2D eigenvalue weighted by molar-refractivity contribution is 8.14. The standard InChI is InChI=1S/C15H17N3O3S/c19-10-12(14(21)18-15-16-8-9-22-15)17-13(20)7-6-11-4-2-1-3-5-11/h1-7,12,19H,8-10H2,(H,17,20)(H,16,18,21)/t12-/m0/s1. The fourth-order valence-corrected chi connectivity index (χ4v) is 2.48. The molecule has 2 amide bonds. The van der Waals surface area contributed by atoms with Gasteiger partial charge in [-0.15, -0.1) is 0 Å². The Labute approximate surface area is 132 Å². The van der Waals surface area contributed by atoms with Crippen LogP contribution in [-0.2, 0) is 9.59 Å². The van der Waals surface area contributed by atoms with Crippen LogP contribution in [0.4, 0.5) is 0 Å². The second kappa shape index (κ2) is 8.35. The van der Waals surface area contributed by atoms with Crippen LogP contribution in [0.5, 0.6) is 0 Å². The Balaban J connectivity index is 1.87. The summed E-state index contributed by atoms with van der Waals surface area (Å²) in [6.45, 7) is 0.185. The first-order valence-corrected chi connectivity index (χ1v) is 7.80. The molecule has 1 aliphatic heterocycles. The number of aliphatic imine (C=N–C) groups is 1. The molecule has 0 saturated heterocycles. The zero-order valence-corrected chi connectivity index (χ0v) is 12.7. The molecule has 6 nitrogen and oxygen atoms in total. The van der Waals surface area contributed by atoms with Gasteiger partial charge in [-0.1, -0.05) is 42.1 Å². The summed E-state index contributed by atoms with van der Waals surface area (Å²) in [5.41, 5.74) is 0.874. The lowest BCUT2D eigenvalue weighted by Gasteiger charge is -2.14. The van der Waals surface area contributed by atoms with E-state index < -0.39 is 24.5 Å². The van der Waals surface area contributed by atoms with E-state index in [2.05, 4.69) is 15.6 Å². The summed E-state index contributed by atoms with van der Waals surface area (Å²) < 4.78 is 0. The highest BCUT2D eigenvalue weighted by atomic mass is 32.2. The maximum atomic E-state index is 11.9. The number of carbonyl (C=O) groups is 2. The third-order valence-electron chi connectivity index (χ3n) is 2.86. The zero-order valence-electron chi connectivity index (χ0n) is 11.9. The predicted octanol–water partition coefficient (Wildman–Crippen LogP) is 0.396. The second-order valence-electron chi connectivity index (χ2n) is 4.51. The van der Waals surface area contributed by atoms with Gasteiger partial charge in [0.2, 0.25) is 5.91 Å². The van der Waals surface area contributed by atoms with Crippen LogP contribution >= 0.6 is 11.8 Å². The molecule has 0 aliphatic carbocycles. The first-order valence-electron chi connectivity index (χ1n) is 6.81. The van der Waals surface area contributed by atoms with E-state index in [1.54, 1.807) is 6.08 Å². The monoisotopic (exact) mass is 319 g/mol. The number of aliphatic hydroxyl groups is 1. The average Bonchev–Trinajstić information content (AvgIpc) is 3.04. The number of thioether (sulfide) groups is 1. The van der Waals surface area contributed by atoms with Crippen LogP contribution in [0, 0.1) is 0 Å². The molecule has 2 rings (SSSR count). The number of rotatable bonds is 5. The van der Waals surface area contributed by atoms with Crippen LogP contribution < -0.4 is 10.6 Å². The van der Waals surface area contributed by atoms with Crippen molar-refractivity contribution in [2.75, 3.05) is 18.9 Å². The van der Waals surface area contributed by atoms with E-state index >= 15 is 0 Å². The first-order chi connectivity index (χ1) is 10.7. The lowest BCUT2D eigenvalue weighted by atomic mass is 10.2. The van der Waals surface area contributed by atoms with E-state index in [0.717, 1.165) is 11.3 Å². The summed E-state index contributed by atoms with van der Waals surface area (Å²) in [4.78, 5) is 27.8. The molecule has 0 fully saturated rings. The molecular formula is C15H17N3O3S. The Morgan fingerprint density at radius 1 is 1.36 bits per heavy atom. The Kier molecular flexibility index (Phi) is 6.17. The summed E-state index contributed by atoms with van der Waals surface area (Å²) in [5.74, 6) is -0.0952. The van der Waals surface area contributed by atoms with Crippen molar-refractivity contribution in [2.45, 2.75) is 6.04 Å². The molecule has 1 atom stereocenters. The van der Waals surface area contributed by atoms with Gasteiger partial charge in [-0.3, -0.25) is 14.6 Å². The first kappa shape index (κ1) is 16.3. The largest absolute Gasteiger partial charge is 0.394 e. The fraction of sp³-hybridized carbons (Fsp3) is 0.267. The van der Waals surface area contributed by atoms with Gasteiger partial charge in [0.1, 0.15) is 6.04 Å². The van der Waals surface area contributed by atoms with Crippen molar-refractivity contribution >= 4 is 34.8 Å². The summed E-state index contributed by atoms with van der Waals surface area (Å²) in [6, 6.07) is 8.32. The normalized spacial score (nSPS) is 15.4. The molecule has 0 spiro atoms. The molecule has 116 valence electrons. The van der Waals surface area contributed by atoms with Crippen molar-refractivity contribution in [2.24, 2.45) is 4.99 Å². The topological polar surface area (TPSA) is 90.8 Å². The van der Waals surface area contributed by atoms with Gasteiger partial charge in [0, 0.05) is 11.8 Å². The smallest absolute Gasteiger partial charge is 0.250 e. The third-order valence-corrected chi connectivity index (χ3v) is 3.75. The molecule has 0 saturated carbocycles. The maximum absolute atomic E-state index is 11.9. The van der Waals surface area contributed by atoms with Gasteiger partial charge in [-0.05, 0) is 11.6 Å². The number of amidine groups is 1. The number of amides is 2. The minimum atomic E-state index is -1.00. The van der Waals surface area contributed by atoms with Crippen LogP contribution in [0.25, 0.3) is 6.08 Å². The Bertz CT molecular complexity index is 587. The molecule has 1 aliphatic rings. The molecule has 3 N–H and O–H groups in total. The van der Waals surface area contributed by atoms with Crippen molar-refractivity contribution < 1.29 is 14.7 Å². The summed E-state index contributed by atoms with van der Waals surface area (Å²) in [7, 11) is 0. The van der Waals surface area contributed by atoms with Crippen molar-refractivity contribution in [3.8, 4) is 0 Å². The lowest BCUT2D eigenvalue weighted by molar-refractivity contribution is -0.127. The van der Waals surface area contributed by atoms with Gasteiger partial charge in [0.05, 0.1) is 13.2 Å². The Hall–Kier alpha value is -2.12. The SMILES string of the molecule is O=C(C=Cc1ccccc1)N[C@@H](CO)C(=O)NC1=NCCS1. The molecule has 1 aromatic rings. The van der Waals surface area contributed by atoms with Gasteiger partial charge in [-0.25, -0.2) is 0 Å². The molecule has 1 heterocycles. The van der Waals surface area contributed by atoms with E-state index in [9.17, 15) is 14.7 Å². The van der Waals surface area contributed by atoms with Crippen LogP contribution in [0.1, 0.15) is 5.56 Å². The van der Waals surface area contributed by atoms with Gasteiger partial charge in [0.25, 0.3) is 5.91 Å². The number of hydrogen-bond donors (Lipinski definition) is 3. The van der Waals surface area contributed by atoms with Crippen molar-refractivity contribution in [1.82, 2.24) is 10.6 Å². The highest BCUT2D eigenvalue weighted by Crippen LogP contribution is 2.08. The number of benzene rings is 1. The average molecular weight is 319 g/mol. The minimum absolute atomic E-state index is 0.445. The minimum Gasteiger partial charge on any atom is -0.394 e. The predicted molar refractivity (Wildman–Crippen MR) is 87.4 cm³/mol. The van der Waals surface area contributed by atoms with Crippen molar-refractivity contribution in [3.63, 3.8) is 0 Å². The second-order valence-corrected chi connectivity index (χ2v) is 5.60. The molecule has 0 radical (unpaired) electrons. The highest BCUT2D eigenvalue weighted by Gasteiger charge is 2.21. The van der Waals surface area contributed by atoms with E-state index in [-0.39, 0.29) is 0 Å². The van der Waals surface area contributed by atoms with Gasteiger partial charge < -0.3 is 15.7 Å². The van der Waals surface area contributed by atoms with Crippen LogP contribution in [0.2, 0.25) is 0 Å². The molecule has 7 heteroatoms. The third kappa shape index (κ3) is 5.01. The van der Waals surface area contributed by atoms with Crippen LogP contribution in [0.15, 0.2) is 41.4 Å². The molecule has 0 unspecified atom stereocenters. The number of hydrogen-bond acceptors (Lipinski definition) is 5. The number of nitrogens with zero attached hydrogens (tertiary/aromatic N) is 1. The van der Waals surface area contributed by atoms with E-state index in [1.165, 1.54) is 17.8 Å². The molecule has 1 aromatic carbocycles. The number of carbonyl (C=O) groups excluding carboxylic acids is 2. The summed E-state index contributed by atoms with van der Waals surface area (Å²) in [6.07, 6.45) is 2.96. The lowest BCUT2D eigenvalue weighted by Crippen LogP contribution is -2.49. The Morgan fingerprint density at radius 2 is 2.14 bits per heavy atom. The summed E-state index contributed by atoms with van der Waals surface area (Å²) in [5, 5.41) is 14.8. The fourth-order valence-electron chi connectivity index (χ4n) is 1.75. The molecular weight excluding hydrogens is 302 g/mol. The van der Waals surface area contributed by atoms with E-state index in [1.807, 2.05) is 30.3 Å². The van der Waals surface area contributed by atoms with Gasteiger partial charge >= 0.3 is 0 Å². The zero-order chi connectivity index (χ0) is 15.8. The number of aliphatic hydroxyl groups excluding tert-OH is 1. The van der Waals surface area contributed by atoms with E-state index in [0.29, 0.717) is 11.7 Å². The Morgan fingerprint density at radius 3 is 2.77 bits per heavy atom. The number of nitrogens with one attached hydrogen (secondary N) is 2. The van der Waals surface area contributed by atoms with Crippen LogP contribution in [0.3, 0.4) is 0 Å². The molecule has 22 heavy (non-hydrogen) atoms. The molecule has 0 bridgehead atoms.